The summed E-state index contributed by atoms with van der Waals surface area (Å²) in [6.07, 6.45) is 1.72. The summed E-state index contributed by atoms with van der Waals surface area (Å²) in [7, 11) is 1.41. The van der Waals surface area contributed by atoms with Gasteiger partial charge >= 0.3 is 5.97 Å². The Kier molecular flexibility index (Phi) is 5.79. The lowest BCUT2D eigenvalue weighted by atomic mass is 9.85. The number of ether oxygens (including phenoxy) is 2. The number of nitrogens with zero attached hydrogens (tertiary/aromatic N) is 1. The van der Waals surface area contributed by atoms with Crippen molar-refractivity contribution in [3.05, 3.63) is 53.9 Å². The largest absolute Gasteiger partial charge is 0.492 e. The van der Waals surface area contributed by atoms with Gasteiger partial charge in [-0.25, -0.2) is 0 Å². The van der Waals surface area contributed by atoms with Gasteiger partial charge in [0.25, 0.3) is 0 Å². The van der Waals surface area contributed by atoms with E-state index in [9.17, 15) is 4.79 Å². The number of carbonyl (C=O) groups is 1. The van der Waals surface area contributed by atoms with E-state index in [0.717, 1.165) is 22.7 Å². The number of benzene rings is 1. The van der Waals surface area contributed by atoms with Gasteiger partial charge in [0, 0.05) is 5.69 Å². The highest BCUT2D eigenvalue weighted by atomic mass is 16.5. The third kappa shape index (κ3) is 4.25. The lowest BCUT2D eigenvalue weighted by Crippen LogP contribution is -2.30. The Labute approximate surface area is 143 Å². The topological polar surface area (TPSA) is 60.5 Å². The Morgan fingerprint density at radius 3 is 2.42 bits per heavy atom. The van der Waals surface area contributed by atoms with E-state index < -0.39 is 5.41 Å². The van der Waals surface area contributed by atoms with Crippen LogP contribution in [0.15, 0.2) is 42.6 Å². The van der Waals surface area contributed by atoms with Gasteiger partial charge in [0.15, 0.2) is 0 Å². The zero-order chi connectivity index (χ0) is 17.6. The van der Waals surface area contributed by atoms with Crippen molar-refractivity contribution in [1.82, 2.24) is 4.98 Å². The van der Waals surface area contributed by atoms with Crippen molar-refractivity contribution in [2.75, 3.05) is 19.0 Å². The molecule has 0 saturated heterocycles. The first-order valence-corrected chi connectivity index (χ1v) is 7.98. The van der Waals surface area contributed by atoms with Gasteiger partial charge in [0.2, 0.25) is 0 Å². The average molecular weight is 328 g/mol. The summed E-state index contributed by atoms with van der Waals surface area (Å²) in [4.78, 5) is 16.2. The van der Waals surface area contributed by atoms with Crippen LogP contribution in [0.1, 0.15) is 32.0 Å². The van der Waals surface area contributed by atoms with Crippen LogP contribution in [0.25, 0.3) is 0 Å². The van der Waals surface area contributed by atoms with Crippen molar-refractivity contribution in [3.63, 3.8) is 0 Å². The fourth-order valence-electron chi connectivity index (χ4n) is 2.34. The fourth-order valence-corrected chi connectivity index (χ4v) is 2.34. The quantitative estimate of drug-likeness (QED) is 0.788. The van der Waals surface area contributed by atoms with Crippen LogP contribution in [0.5, 0.6) is 5.75 Å². The van der Waals surface area contributed by atoms with Crippen molar-refractivity contribution < 1.29 is 14.3 Å². The van der Waals surface area contributed by atoms with E-state index in [4.69, 9.17) is 9.47 Å². The number of hydrogen-bond acceptors (Lipinski definition) is 5. The molecule has 128 valence electrons. The highest BCUT2D eigenvalue weighted by Gasteiger charge is 2.30. The van der Waals surface area contributed by atoms with E-state index in [2.05, 4.69) is 10.3 Å². The predicted octanol–water partition coefficient (Wildman–Crippen LogP) is 3.54. The molecule has 0 bridgehead atoms. The Balaban J connectivity index is 1.98. The molecular weight excluding hydrogens is 304 g/mol. The van der Waals surface area contributed by atoms with Gasteiger partial charge in [-0.05, 0) is 50.6 Å². The minimum Gasteiger partial charge on any atom is -0.492 e. The number of anilines is 1. The second-order valence-corrected chi connectivity index (χ2v) is 5.97. The first kappa shape index (κ1) is 17.8. The van der Waals surface area contributed by atoms with Crippen LogP contribution in [0.4, 0.5) is 5.69 Å². The summed E-state index contributed by atoms with van der Waals surface area (Å²) >= 11 is 0. The molecule has 0 spiro atoms. The van der Waals surface area contributed by atoms with E-state index in [-0.39, 0.29) is 5.97 Å². The van der Waals surface area contributed by atoms with Crippen LogP contribution in [-0.4, -0.2) is 24.7 Å². The molecule has 0 amide bonds. The number of esters is 1. The lowest BCUT2D eigenvalue weighted by Gasteiger charge is -2.22. The number of rotatable bonds is 7. The smallest absolute Gasteiger partial charge is 0.315 e. The van der Waals surface area contributed by atoms with Crippen LogP contribution in [0, 0.1) is 0 Å². The van der Waals surface area contributed by atoms with Crippen LogP contribution < -0.4 is 10.1 Å². The van der Waals surface area contributed by atoms with Crippen molar-refractivity contribution in [3.8, 4) is 5.75 Å². The summed E-state index contributed by atoms with van der Waals surface area (Å²) < 4.78 is 10.2. The summed E-state index contributed by atoms with van der Waals surface area (Å²) in [6, 6.07) is 11.6. The van der Waals surface area contributed by atoms with Crippen molar-refractivity contribution in [1.29, 1.82) is 0 Å². The molecule has 2 rings (SSSR count). The molecule has 5 nitrogen and oxygen atoms in total. The van der Waals surface area contributed by atoms with Gasteiger partial charge in [0.1, 0.15) is 5.75 Å². The average Bonchev–Trinajstić information content (AvgIpc) is 2.61. The highest BCUT2D eigenvalue weighted by molar-refractivity contribution is 5.82. The minimum atomic E-state index is -0.663. The van der Waals surface area contributed by atoms with Crippen LogP contribution in [0.2, 0.25) is 0 Å². The number of methoxy groups -OCH3 is 1. The molecule has 24 heavy (non-hydrogen) atoms. The molecule has 1 aromatic carbocycles. The first-order chi connectivity index (χ1) is 11.5. The van der Waals surface area contributed by atoms with Gasteiger partial charge < -0.3 is 14.8 Å². The molecule has 0 aliphatic rings. The van der Waals surface area contributed by atoms with Crippen molar-refractivity contribution in [2.24, 2.45) is 0 Å². The highest BCUT2D eigenvalue weighted by Crippen LogP contribution is 2.26. The van der Waals surface area contributed by atoms with E-state index >= 15 is 0 Å². The molecule has 0 radical (unpaired) electrons. The molecule has 1 N–H and O–H groups in total. The maximum absolute atomic E-state index is 11.8. The molecule has 0 aliphatic heterocycles. The second-order valence-electron chi connectivity index (χ2n) is 5.97. The standard InChI is InChI=1S/C19H24N2O3/c1-5-24-17-11-10-16(21-13-17)12-20-15-8-6-14(7-9-15)19(2,3)18(22)23-4/h6-11,13,20H,5,12H2,1-4H3. The SMILES string of the molecule is CCOc1ccc(CNc2ccc(C(C)(C)C(=O)OC)cc2)nc1. The first-order valence-electron chi connectivity index (χ1n) is 7.98. The molecule has 0 unspecified atom stereocenters. The molecule has 1 aromatic heterocycles. The third-order valence-electron chi connectivity index (χ3n) is 3.88. The molecule has 2 aromatic rings. The normalized spacial score (nSPS) is 11.0. The van der Waals surface area contributed by atoms with E-state index in [1.807, 2.05) is 57.2 Å². The lowest BCUT2D eigenvalue weighted by molar-refractivity contribution is -0.146. The molecule has 0 aliphatic carbocycles. The summed E-state index contributed by atoms with van der Waals surface area (Å²) in [5.41, 5.74) is 2.15. The molecular formula is C19H24N2O3. The molecule has 0 fully saturated rings. The van der Waals surface area contributed by atoms with Gasteiger partial charge in [-0.3, -0.25) is 9.78 Å². The van der Waals surface area contributed by atoms with Crippen LogP contribution >= 0.6 is 0 Å². The zero-order valence-electron chi connectivity index (χ0n) is 14.6. The Morgan fingerprint density at radius 2 is 1.88 bits per heavy atom. The van der Waals surface area contributed by atoms with E-state index in [1.54, 1.807) is 6.20 Å². The number of carbonyl (C=O) groups excluding carboxylic acids is 1. The van der Waals surface area contributed by atoms with Crippen molar-refractivity contribution in [2.45, 2.75) is 32.7 Å². The third-order valence-corrected chi connectivity index (χ3v) is 3.88. The van der Waals surface area contributed by atoms with Crippen LogP contribution in [0.3, 0.4) is 0 Å². The van der Waals surface area contributed by atoms with Gasteiger partial charge in [-0.15, -0.1) is 0 Å². The zero-order valence-corrected chi connectivity index (χ0v) is 14.6. The number of aromatic nitrogens is 1. The number of nitrogens with one attached hydrogen (secondary N) is 1. The minimum absolute atomic E-state index is 0.248. The monoisotopic (exact) mass is 328 g/mol. The Morgan fingerprint density at radius 1 is 1.17 bits per heavy atom. The summed E-state index contributed by atoms with van der Waals surface area (Å²) in [6.45, 7) is 6.90. The fraction of sp³-hybridized carbons (Fsp3) is 0.368. The molecule has 5 heteroatoms. The van der Waals surface area contributed by atoms with Gasteiger partial charge in [-0.2, -0.15) is 0 Å². The second kappa shape index (κ2) is 7.81. The van der Waals surface area contributed by atoms with Crippen molar-refractivity contribution >= 4 is 11.7 Å². The Hall–Kier alpha value is -2.56. The van der Waals surface area contributed by atoms with Gasteiger partial charge in [0.05, 0.1) is 37.6 Å². The maximum Gasteiger partial charge on any atom is 0.315 e. The Bertz CT molecular complexity index is 664. The van der Waals surface area contributed by atoms with Gasteiger partial charge in [-0.1, -0.05) is 12.1 Å². The number of hydrogen-bond donors (Lipinski definition) is 1. The number of pyridine rings is 1. The molecule has 0 atom stereocenters. The molecule has 0 saturated carbocycles. The predicted molar refractivity (Wildman–Crippen MR) is 94.2 cm³/mol. The summed E-state index contributed by atoms with van der Waals surface area (Å²) in [5, 5.41) is 3.31. The summed E-state index contributed by atoms with van der Waals surface area (Å²) in [5.74, 6) is 0.525. The molecule has 1 heterocycles. The maximum atomic E-state index is 11.8. The van der Waals surface area contributed by atoms with E-state index in [1.165, 1.54) is 7.11 Å². The van der Waals surface area contributed by atoms with Crippen LogP contribution in [-0.2, 0) is 21.5 Å². The van der Waals surface area contributed by atoms with E-state index in [0.29, 0.717) is 13.2 Å².